The lowest BCUT2D eigenvalue weighted by atomic mass is 10.2. The van der Waals surface area contributed by atoms with Gasteiger partial charge in [0, 0.05) is 23.2 Å². The summed E-state index contributed by atoms with van der Waals surface area (Å²) in [6.45, 7) is 2.03. The Hall–Kier alpha value is -1.02. The van der Waals surface area contributed by atoms with Gasteiger partial charge in [0.1, 0.15) is 0 Å². The molecular formula is C9H9ClN2. The van der Waals surface area contributed by atoms with Crippen LogP contribution in [0.15, 0.2) is 18.2 Å². The molecule has 0 radical (unpaired) electrons. The van der Waals surface area contributed by atoms with Gasteiger partial charge in [-0.1, -0.05) is 11.6 Å². The monoisotopic (exact) mass is 180 g/mol. The minimum Gasteiger partial charge on any atom is -0.272 e. The predicted octanol–water partition coefficient (Wildman–Crippen LogP) is 2.54. The van der Waals surface area contributed by atoms with Gasteiger partial charge in [-0.25, -0.2) is 0 Å². The van der Waals surface area contributed by atoms with Gasteiger partial charge >= 0.3 is 0 Å². The van der Waals surface area contributed by atoms with Crippen LogP contribution in [0.3, 0.4) is 0 Å². The van der Waals surface area contributed by atoms with E-state index in [2.05, 4.69) is 5.10 Å². The van der Waals surface area contributed by atoms with Gasteiger partial charge in [-0.3, -0.25) is 4.68 Å². The highest BCUT2D eigenvalue weighted by Gasteiger charge is 2.03. The lowest BCUT2D eigenvalue weighted by Crippen LogP contribution is -1.91. The van der Waals surface area contributed by atoms with Gasteiger partial charge < -0.3 is 0 Å². The van der Waals surface area contributed by atoms with Crippen LogP contribution in [-0.4, -0.2) is 9.78 Å². The molecule has 0 aliphatic carbocycles. The molecule has 1 aromatic carbocycles. The minimum atomic E-state index is 0.763. The van der Waals surface area contributed by atoms with E-state index in [0.717, 1.165) is 21.6 Å². The van der Waals surface area contributed by atoms with Crippen molar-refractivity contribution in [3.8, 4) is 0 Å². The Bertz CT molecular complexity index is 431. The summed E-state index contributed by atoms with van der Waals surface area (Å²) in [5.74, 6) is 0. The maximum atomic E-state index is 5.86. The number of fused-ring (bicyclic) bond motifs is 1. The highest BCUT2D eigenvalue weighted by Crippen LogP contribution is 2.20. The Morgan fingerprint density at radius 2 is 2.17 bits per heavy atom. The Morgan fingerprint density at radius 1 is 1.42 bits per heavy atom. The molecule has 0 N–H and O–H groups in total. The van der Waals surface area contributed by atoms with Crippen molar-refractivity contribution in [2.24, 2.45) is 7.05 Å². The Balaban J connectivity index is 2.88. The molecular weight excluding hydrogens is 172 g/mol. The molecule has 0 amide bonds. The highest BCUT2D eigenvalue weighted by molar-refractivity contribution is 6.31. The topological polar surface area (TPSA) is 17.8 Å². The highest BCUT2D eigenvalue weighted by atomic mass is 35.5. The standard InChI is InChI=1S/C9H9ClN2/c1-6-8-5-7(10)3-4-9(8)11-12(6)2/h3-5H,1-2H3. The van der Waals surface area contributed by atoms with E-state index in [1.165, 1.54) is 0 Å². The zero-order valence-electron chi connectivity index (χ0n) is 7.00. The fourth-order valence-corrected chi connectivity index (χ4v) is 1.47. The molecule has 12 heavy (non-hydrogen) atoms. The van der Waals surface area contributed by atoms with E-state index in [9.17, 15) is 0 Å². The third-order valence-corrected chi connectivity index (χ3v) is 2.33. The molecule has 2 rings (SSSR count). The summed E-state index contributed by atoms with van der Waals surface area (Å²) in [4.78, 5) is 0. The van der Waals surface area contributed by atoms with Gasteiger partial charge in [-0.05, 0) is 25.1 Å². The molecule has 3 heteroatoms. The van der Waals surface area contributed by atoms with Crippen LogP contribution >= 0.6 is 11.6 Å². The van der Waals surface area contributed by atoms with Crippen LogP contribution in [0, 0.1) is 6.92 Å². The summed E-state index contributed by atoms with van der Waals surface area (Å²) < 4.78 is 1.86. The molecule has 0 spiro atoms. The number of hydrogen-bond donors (Lipinski definition) is 0. The van der Waals surface area contributed by atoms with Gasteiger partial charge in [0.05, 0.1) is 5.52 Å². The average Bonchev–Trinajstić information content (AvgIpc) is 2.31. The molecule has 0 saturated carbocycles. The van der Waals surface area contributed by atoms with E-state index in [1.807, 2.05) is 36.9 Å². The van der Waals surface area contributed by atoms with Gasteiger partial charge in [0.2, 0.25) is 0 Å². The van der Waals surface area contributed by atoms with E-state index in [1.54, 1.807) is 0 Å². The zero-order chi connectivity index (χ0) is 8.72. The molecule has 0 bridgehead atoms. The Labute approximate surface area is 75.8 Å². The van der Waals surface area contributed by atoms with Gasteiger partial charge in [0.15, 0.2) is 0 Å². The second-order valence-electron chi connectivity index (χ2n) is 2.87. The number of hydrogen-bond acceptors (Lipinski definition) is 1. The quantitative estimate of drug-likeness (QED) is 0.609. The van der Waals surface area contributed by atoms with Crippen LogP contribution < -0.4 is 0 Å². The maximum absolute atomic E-state index is 5.86. The van der Waals surface area contributed by atoms with Crippen LogP contribution in [0.5, 0.6) is 0 Å². The van der Waals surface area contributed by atoms with E-state index in [4.69, 9.17) is 11.6 Å². The zero-order valence-corrected chi connectivity index (χ0v) is 7.76. The van der Waals surface area contributed by atoms with Crippen molar-refractivity contribution in [1.82, 2.24) is 9.78 Å². The largest absolute Gasteiger partial charge is 0.272 e. The summed E-state index contributed by atoms with van der Waals surface area (Å²) in [6, 6.07) is 5.74. The molecule has 1 aromatic heterocycles. The molecule has 2 nitrogen and oxygen atoms in total. The van der Waals surface area contributed by atoms with Crippen molar-refractivity contribution in [3.05, 3.63) is 28.9 Å². The normalized spacial score (nSPS) is 10.9. The number of benzene rings is 1. The summed E-state index contributed by atoms with van der Waals surface area (Å²) in [7, 11) is 1.93. The number of aryl methyl sites for hydroxylation is 2. The van der Waals surface area contributed by atoms with Crippen molar-refractivity contribution >= 4 is 22.5 Å². The molecule has 2 aromatic rings. The second-order valence-corrected chi connectivity index (χ2v) is 3.31. The van der Waals surface area contributed by atoms with Crippen LogP contribution in [0.25, 0.3) is 10.9 Å². The first-order valence-electron chi connectivity index (χ1n) is 3.77. The molecule has 0 aliphatic rings. The van der Waals surface area contributed by atoms with Gasteiger partial charge in [-0.2, -0.15) is 5.10 Å². The molecule has 0 unspecified atom stereocenters. The third-order valence-electron chi connectivity index (χ3n) is 2.09. The van der Waals surface area contributed by atoms with E-state index >= 15 is 0 Å². The van der Waals surface area contributed by atoms with Gasteiger partial charge in [0.25, 0.3) is 0 Å². The Kier molecular flexibility index (Phi) is 1.58. The van der Waals surface area contributed by atoms with Crippen molar-refractivity contribution in [3.63, 3.8) is 0 Å². The minimum absolute atomic E-state index is 0.763. The maximum Gasteiger partial charge on any atom is 0.0927 e. The van der Waals surface area contributed by atoms with Crippen LogP contribution in [0.4, 0.5) is 0 Å². The fourth-order valence-electron chi connectivity index (χ4n) is 1.30. The predicted molar refractivity (Wildman–Crippen MR) is 50.5 cm³/mol. The summed E-state index contributed by atoms with van der Waals surface area (Å²) in [5.41, 5.74) is 2.15. The molecule has 0 aliphatic heterocycles. The van der Waals surface area contributed by atoms with Crippen LogP contribution in [0.2, 0.25) is 5.02 Å². The molecule has 62 valence electrons. The van der Waals surface area contributed by atoms with Crippen molar-refractivity contribution < 1.29 is 0 Å². The number of rotatable bonds is 0. The first-order valence-corrected chi connectivity index (χ1v) is 4.15. The summed E-state index contributed by atoms with van der Waals surface area (Å²) in [6.07, 6.45) is 0. The lowest BCUT2D eigenvalue weighted by molar-refractivity contribution is 0.751. The van der Waals surface area contributed by atoms with E-state index < -0.39 is 0 Å². The van der Waals surface area contributed by atoms with Crippen molar-refractivity contribution in [2.45, 2.75) is 6.92 Å². The van der Waals surface area contributed by atoms with Crippen molar-refractivity contribution in [2.75, 3.05) is 0 Å². The smallest absolute Gasteiger partial charge is 0.0927 e. The first kappa shape index (κ1) is 7.62. The molecule has 1 heterocycles. The van der Waals surface area contributed by atoms with E-state index in [0.29, 0.717) is 0 Å². The number of aromatic nitrogens is 2. The van der Waals surface area contributed by atoms with Gasteiger partial charge in [-0.15, -0.1) is 0 Å². The fraction of sp³-hybridized carbons (Fsp3) is 0.222. The number of halogens is 1. The molecule has 0 fully saturated rings. The third kappa shape index (κ3) is 0.994. The van der Waals surface area contributed by atoms with Crippen molar-refractivity contribution in [1.29, 1.82) is 0 Å². The second kappa shape index (κ2) is 2.49. The first-order chi connectivity index (χ1) is 5.68. The summed E-state index contributed by atoms with van der Waals surface area (Å²) in [5, 5.41) is 6.20. The van der Waals surface area contributed by atoms with Crippen LogP contribution in [0.1, 0.15) is 5.69 Å². The Morgan fingerprint density at radius 3 is 2.92 bits per heavy atom. The van der Waals surface area contributed by atoms with E-state index in [-0.39, 0.29) is 0 Å². The molecule has 0 saturated heterocycles. The van der Waals surface area contributed by atoms with Crippen LogP contribution in [-0.2, 0) is 7.05 Å². The number of nitrogens with zero attached hydrogens (tertiary/aromatic N) is 2. The average molecular weight is 181 g/mol. The molecule has 0 atom stereocenters. The summed E-state index contributed by atoms with van der Waals surface area (Å²) >= 11 is 5.86. The SMILES string of the molecule is Cc1c2cc(Cl)ccc2nn1C. The lowest BCUT2D eigenvalue weighted by Gasteiger charge is -1.91.